The van der Waals surface area contributed by atoms with Crippen LogP contribution < -0.4 is 9.64 Å². The number of nitrogens with zero attached hydrogens (tertiary/aromatic N) is 4. The smallest absolute Gasteiger partial charge is 0.218 e. The first-order valence-electron chi connectivity index (χ1n) is 8.93. The molecular weight excluding hydrogens is 332 g/mol. The second-order valence-corrected chi connectivity index (χ2v) is 7.03. The van der Waals surface area contributed by atoms with Gasteiger partial charge < -0.3 is 19.1 Å². The number of hydrogen-bond donors (Lipinski definition) is 0. The summed E-state index contributed by atoms with van der Waals surface area (Å²) in [5.74, 6) is 1.45. The first kappa shape index (κ1) is 17.2. The van der Waals surface area contributed by atoms with Crippen LogP contribution in [0.15, 0.2) is 30.9 Å². The molecule has 2 aromatic rings. The van der Waals surface area contributed by atoms with Gasteiger partial charge in [0.25, 0.3) is 0 Å². The number of anilines is 1. The van der Waals surface area contributed by atoms with Gasteiger partial charge in [-0.15, -0.1) is 0 Å². The van der Waals surface area contributed by atoms with Gasteiger partial charge in [-0.1, -0.05) is 0 Å². The molecule has 0 N–H and O–H groups in total. The van der Waals surface area contributed by atoms with Crippen molar-refractivity contribution in [2.75, 3.05) is 31.7 Å². The van der Waals surface area contributed by atoms with E-state index in [0.717, 1.165) is 43.9 Å². The predicted octanol–water partition coefficient (Wildman–Crippen LogP) is 2.14. The topological polar surface area (TPSA) is 69.6 Å². The Morgan fingerprint density at radius 1 is 1.35 bits per heavy atom. The van der Waals surface area contributed by atoms with Gasteiger partial charge >= 0.3 is 0 Å². The highest BCUT2D eigenvalue weighted by molar-refractivity contribution is 5.45. The quantitative estimate of drug-likeness (QED) is 0.813. The van der Waals surface area contributed by atoms with E-state index in [1.807, 2.05) is 24.5 Å². The van der Waals surface area contributed by atoms with Gasteiger partial charge in [0.05, 0.1) is 32.9 Å². The Balaban J connectivity index is 1.33. The van der Waals surface area contributed by atoms with Gasteiger partial charge in [0, 0.05) is 31.5 Å². The standard InChI is InChI=1S/C19H24N4O3/c1-14-3-5-20-9-15(14)10-25-16-4-6-26-19(8-16)11-23(12-19)17-7-18(24-2)22-13-21-17/h3,5,7,9,13,16H,4,6,8,10-12H2,1-2H3. The maximum Gasteiger partial charge on any atom is 0.218 e. The van der Waals surface area contributed by atoms with Crippen LogP contribution in [0.1, 0.15) is 24.0 Å². The third-order valence-electron chi connectivity index (χ3n) is 5.19. The van der Waals surface area contributed by atoms with Crippen molar-refractivity contribution in [3.8, 4) is 5.88 Å². The number of rotatable bonds is 5. The Bertz CT molecular complexity index is 764. The highest BCUT2D eigenvalue weighted by Gasteiger charge is 2.48. The van der Waals surface area contributed by atoms with Crippen LogP contribution in [-0.2, 0) is 16.1 Å². The van der Waals surface area contributed by atoms with E-state index in [4.69, 9.17) is 14.2 Å². The van der Waals surface area contributed by atoms with Crippen LogP contribution in [0.3, 0.4) is 0 Å². The Morgan fingerprint density at radius 2 is 2.23 bits per heavy atom. The summed E-state index contributed by atoms with van der Waals surface area (Å²) in [6.07, 6.45) is 7.28. The molecule has 7 nitrogen and oxygen atoms in total. The monoisotopic (exact) mass is 356 g/mol. The van der Waals surface area contributed by atoms with E-state index in [9.17, 15) is 0 Å². The first-order valence-corrected chi connectivity index (χ1v) is 8.93. The largest absolute Gasteiger partial charge is 0.481 e. The van der Waals surface area contributed by atoms with Crippen molar-refractivity contribution in [2.24, 2.45) is 0 Å². The van der Waals surface area contributed by atoms with Crippen molar-refractivity contribution in [3.63, 3.8) is 0 Å². The van der Waals surface area contributed by atoms with Crippen molar-refractivity contribution in [1.29, 1.82) is 0 Å². The summed E-state index contributed by atoms with van der Waals surface area (Å²) in [5.41, 5.74) is 2.23. The SMILES string of the molecule is COc1cc(N2CC3(CC(OCc4cnccc4C)CCO3)C2)ncn1. The third-order valence-corrected chi connectivity index (χ3v) is 5.19. The molecule has 0 aliphatic carbocycles. The van der Waals surface area contributed by atoms with Crippen LogP contribution in [0.5, 0.6) is 5.88 Å². The van der Waals surface area contributed by atoms with Gasteiger partial charge in [0.2, 0.25) is 5.88 Å². The average molecular weight is 356 g/mol. The van der Waals surface area contributed by atoms with Gasteiger partial charge in [0.15, 0.2) is 0 Å². The highest BCUT2D eigenvalue weighted by Crippen LogP contribution is 2.37. The van der Waals surface area contributed by atoms with E-state index in [-0.39, 0.29) is 11.7 Å². The molecule has 2 fully saturated rings. The lowest BCUT2D eigenvalue weighted by molar-refractivity contribution is -0.148. The fraction of sp³-hybridized carbons (Fsp3) is 0.526. The van der Waals surface area contributed by atoms with Crippen molar-refractivity contribution < 1.29 is 14.2 Å². The molecule has 4 rings (SSSR count). The van der Waals surface area contributed by atoms with Gasteiger partial charge in [0.1, 0.15) is 17.7 Å². The molecule has 0 bridgehead atoms. The molecule has 2 aliphatic heterocycles. The van der Waals surface area contributed by atoms with Crippen molar-refractivity contribution >= 4 is 5.82 Å². The number of hydrogen-bond acceptors (Lipinski definition) is 7. The Hall–Kier alpha value is -2.25. The van der Waals surface area contributed by atoms with E-state index in [1.165, 1.54) is 11.9 Å². The third kappa shape index (κ3) is 3.50. The van der Waals surface area contributed by atoms with Gasteiger partial charge in [-0.3, -0.25) is 4.98 Å². The van der Waals surface area contributed by atoms with Crippen molar-refractivity contribution in [3.05, 3.63) is 42.0 Å². The fourth-order valence-corrected chi connectivity index (χ4v) is 3.63. The van der Waals surface area contributed by atoms with Crippen LogP contribution in [0, 0.1) is 6.92 Å². The maximum atomic E-state index is 6.17. The predicted molar refractivity (Wildman–Crippen MR) is 96.3 cm³/mol. The number of aryl methyl sites for hydroxylation is 1. The van der Waals surface area contributed by atoms with Crippen LogP contribution in [-0.4, -0.2) is 53.5 Å². The highest BCUT2D eigenvalue weighted by atomic mass is 16.5. The zero-order valence-electron chi connectivity index (χ0n) is 15.2. The van der Waals surface area contributed by atoms with Crippen LogP contribution in [0.2, 0.25) is 0 Å². The second kappa shape index (κ2) is 7.17. The summed E-state index contributed by atoms with van der Waals surface area (Å²) in [6.45, 7) is 5.06. The summed E-state index contributed by atoms with van der Waals surface area (Å²) in [4.78, 5) is 14.8. The van der Waals surface area contributed by atoms with Crippen LogP contribution in [0.25, 0.3) is 0 Å². The molecule has 0 amide bonds. The van der Waals surface area contributed by atoms with Crippen molar-refractivity contribution in [2.45, 2.75) is 38.1 Å². The molecule has 1 unspecified atom stereocenters. The summed E-state index contributed by atoms with van der Waals surface area (Å²) >= 11 is 0. The fourth-order valence-electron chi connectivity index (χ4n) is 3.63. The molecule has 7 heteroatoms. The average Bonchev–Trinajstić information content (AvgIpc) is 2.65. The zero-order valence-corrected chi connectivity index (χ0v) is 15.2. The van der Waals surface area contributed by atoms with Gasteiger partial charge in [-0.05, 0) is 30.5 Å². The molecule has 2 saturated heterocycles. The molecule has 4 heterocycles. The maximum absolute atomic E-state index is 6.17. The Labute approximate surface area is 153 Å². The summed E-state index contributed by atoms with van der Waals surface area (Å²) in [6, 6.07) is 3.87. The first-order chi connectivity index (χ1) is 12.7. The molecule has 26 heavy (non-hydrogen) atoms. The summed E-state index contributed by atoms with van der Waals surface area (Å²) in [5, 5.41) is 0. The molecule has 2 aliphatic rings. The Kier molecular flexibility index (Phi) is 4.74. The van der Waals surface area contributed by atoms with E-state index in [2.05, 4.69) is 26.8 Å². The summed E-state index contributed by atoms with van der Waals surface area (Å²) < 4.78 is 17.5. The number of methoxy groups -OCH3 is 1. The number of pyridine rings is 1. The van der Waals surface area contributed by atoms with E-state index in [0.29, 0.717) is 12.5 Å². The van der Waals surface area contributed by atoms with Crippen LogP contribution >= 0.6 is 0 Å². The Morgan fingerprint density at radius 3 is 3.04 bits per heavy atom. The van der Waals surface area contributed by atoms with Crippen molar-refractivity contribution in [1.82, 2.24) is 15.0 Å². The summed E-state index contributed by atoms with van der Waals surface area (Å²) in [7, 11) is 1.61. The molecule has 1 spiro atoms. The minimum Gasteiger partial charge on any atom is -0.481 e. The second-order valence-electron chi connectivity index (χ2n) is 7.03. The molecule has 1 atom stereocenters. The van der Waals surface area contributed by atoms with Gasteiger partial charge in [-0.25, -0.2) is 9.97 Å². The molecular formula is C19H24N4O3. The molecule has 0 saturated carbocycles. The molecule has 0 radical (unpaired) electrons. The minimum absolute atomic E-state index is 0.134. The molecule has 2 aromatic heterocycles. The van der Waals surface area contributed by atoms with Gasteiger partial charge in [-0.2, -0.15) is 0 Å². The van der Waals surface area contributed by atoms with Crippen LogP contribution in [0.4, 0.5) is 5.82 Å². The zero-order chi connectivity index (χ0) is 18.0. The lowest BCUT2D eigenvalue weighted by atomic mass is 9.84. The minimum atomic E-state index is -0.134. The number of aromatic nitrogens is 3. The normalized spacial score (nSPS) is 21.5. The van der Waals surface area contributed by atoms with E-state index in [1.54, 1.807) is 7.11 Å². The number of ether oxygens (including phenoxy) is 3. The lowest BCUT2D eigenvalue weighted by Crippen LogP contribution is -2.66. The lowest BCUT2D eigenvalue weighted by Gasteiger charge is -2.53. The van der Waals surface area contributed by atoms with E-state index < -0.39 is 0 Å². The van der Waals surface area contributed by atoms with E-state index >= 15 is 0 Å². The molecule has 0 aromatic carbocycles. The molecule has 138 valence electrons.